The van der Waals surface area contributed by atoms with Gasteiger partial charge in [-0.15, -0.1) is 0 Å². The Bertz CT molecular complexity index is 732. The first-order chi connectivity index (χ1) is 11.9. The molecule has 0 aliphatic rings. The Morgan fingerprint density at radius 3 is 1.16 bits per heavy atom. The van der Waals surface area contributed by atoms with Crippen molar-refractivity contribution in [3.8, 4) is 0 Å². The molecule has 0 unspecified atom stereocenters. The van der Waals surface area contributed by atoms with Crippen molar-refractivity contribution in [3.63, 3.8) is 0 Å². The van der Waals surface area contributed by atoms with E-state index in [0.29, 0.717) is 0 Å². The third-order valence-electron chi connectivity index (χ3n) is 5.30. The van der Waals surface area contributed by atoms with Crippen LogP contribution in [0.1, 0.15) is 44.4 Å². The maximum Gasteiger partial charge on any atom is 0.0249 e. The molecule has 3 aromatic rings. The summed E-state index contributed by atoms with van der Waals surface area (Å²) in [4.78, 5) is 0. The van der Waals surface area contributed by atoms with Gasteiger partial charge in [-0.25, -0.2) is 0 Å². The van der Waals surface area contributed by atoms with Crippen LogP contribution in [0.25, 0.3) is 0 Å². The van der Waals surface area contributed by atoms with E-state index >= 15 is 0 Å². The van der Waals surface area contributed by atoms with E-state index in [4.69, 9.17) is 0 Å². The molecule has 25 heavy (non-hydrogen) atoms. The minimum absolute atomic E-state index is 0.0814. The number of benzene rings is 3. The highest BCUT2D eigenvalue weighted by atomic mass is 14.5. The van der Waals surface area contributed by atoms with Crippen LogP contribution in [0.4, 0.5) is 0 Å². The van der Waals surface area contributed by atoms with E-state index < -0.39 is 0 Å². The highest BCUT2D eigenvalue weighted by molar-refractivity contribution is 5.51. The van der Waals surface area contributed by atoms with Crippen molar-refractivity contribution in [2.24, 2.45) is 0 Å². The molecule has 0 saturated heterocycles. The van der Waals surface area contributed by atoms with E-state index in [1.807, 2.05) is 0 Å². The fourth-order valence-corrected chi connectivity index (χ4v) is 4.11. The predicted molar refractivity (Wildman–Crippen MR) is 108 cm³/mol. The number of hydrogen-bond acceptors (Lipinski definition) is 0. The lowest BCUT2D eigenvalue weighted by Crippen LogP contribution is -2.41. The normalized spacial score (nSPS) is 12.4. The summed E-state index contributed by atoms with van der Waals surface area (Å²) in [7, 11) is 0. The second-order valence-electron chi connectivity index (χ2n) is 7.72. The second-order valence-corrected chi connectivity index (χ2v) is 7.72. The zero-order valence-electron chi connectivity index (χ0n) is 15.7. The van der Waals surface area contributed by atoms with E-state index in [1.54, 1.807) is 0 Å². The van der Waals surface area contributed by atoms with Crippen LogP contribution in [0.3, 0.4) is 0 Å². The standard InChI is InChI=1S/C25H27/c1-24(2,21-16-10-6-11-17-21)23(20-14-8-5-9-15-20)25(3,4)22-18-12-7-13-19-22/h5-19H,1-4H3. The molecule has 0 spiro atoms. The van der Waals surface area contributed by atoms with Gasteiger partial charge < -0.3 is 0 Å². The van der Waals surface area contributed by atoms with Gasteiger partial charge in [0.2, 0.25) is 0 Å². The van der Waals surface area contributed by atoms with Crippen LogP contribution in [0.5, 0.6) is 0 Å². The molecule has 0 heterocycles. The van der Waals surface area contributed by atoms with Crippen molar-refractivity contribution in [3.05, 3.63) is 114 Å². The molecule has 1 radical (unpaired) electrons. The maximum atomic E-state index is 2.34. The van der Waals surface area contributed by atoms with Gasteiger partial charge in [0, 0.05) is 16.7 Å². The fourth-order valence-electron chi connectivity index (χ4n) is 4.11. The lowest BCUT2D eigenvalue weighted by molar-refractivity contribution is 0.416. The summed E-state index contributed by atoms with van der Waals surface area (Å²) in [5.41, 5.74) is 3.84. The van der Waals surface area contributed by atoms with Gasteiger partial charge in [0.05, 0.1) is 0 Å². The van der Waals surface area contributed by atoms with Gasteiger partial charge in [-0.3, -0.25) is 0 Å². The molecule has 0 N–H and O–H groups in total. The Kier molecular flexibility index (Phi) is 4.81. The van der Waals surface area contributed by atoms with Gasteiger partial charge in [0.1, 0.15) is 0 Å². The molecule has 0 aliphatic carbocycles. The molecule has 0 saturated carbocycles. The highest BCUT2D eigenvalue weighted by Gasteiger charge is 2.44. The third-order valence-corrected chi connectivity index (χ3v) is 5.30. The molecule has 0 atom stereocenters. The summed E-state index contributed by atoms with van der Waals surface area (Å²) < 4.78 is 0. The van der Waals surface area contributed by atoms with Crippen LogP contribution in [0.15, 0.2) is 91.0 Å². The van der Waals surface area contributed by atoms with Crippen molar-refractivity contribution >= 4 is 0 Å². The predicted octanol–water partition coefficient (Wildman–Crippen LogP) is 6.56. The molecule has 0 fully saturated rings. The van der Waals surface area contributed by atoms with E-state index in [2.05, 4.69) is 119 Å². The van der Waals surface area contributed by atoms with Gasteiger partial charge in [0.25, 0.3) is 0 Å². The first-order valence-electron chi connectivity index (χ1n) is 8.98. The first kappa shape index (κ1) is 17.5. The molecule has 0 heteroatoms. The minimum Gasteiger partial charge on any atom is -0.0622 e. The summed E-state index contributed by atoms with van der Waals surface area (Å²) in [6.07, 6.45) is 0. The second kappa shape index (κ2) is 6.88. The zero-order chi connectivity index (χ0) is 17.9. The Morgan fingerprint density at radius 1 is 0.480 bits per heavy atom. The minimum atomic E-state index is -0.0814. The lowest BCUT2D eigenvalue weighted by Gasteiger charge is -2.45. The maximum absolute atomic E-state index is 2.34. The van der Waals surface area contributed by atoms with Crippen LogP contribution in [0.2, 0.25) is 0 Å². The van der Waals surface area contributed by atoms with Gasteiger partial charge >= 0.3 is 0 Å². The fraction of sp³-hybridized carbons (Fsp3) is 0.240. The Balaban J connectivity index is 2.18. The van der Waals surface area contributed by atoms with Gasteiger partial charge in [-0.2, -0.15) is 0 Å². The first-order valence-corrected chi connectivity index (χ1v) is 8.98. The van der Waals surface area contributed by atoms with Crippen LogP contribution in [-0.2, 0) is 10.8 Å². The monoisotopic (exact) mass is 327 g/mol. The molecule has 3 aromatic carbocycles. The molecular weight excluding hydrogens is 300 g/mol. The molecule has 0 aliphatic heterocycles. The molecular formula is C25H27. The van der Waals surface area contributed by atoms with E-state index in [1.165, 1.54) is 22.6 Å². The highest BCUT2D eigenvalue weighted by Crippen LogP contribution is 2.49. The summed E-state index contributed by atoms with van der Waals surface area (Å²) in [5.74, 6) is 1.44. The van der Waals surface area contributed by atoms with E-state index in [9.17, 15) is 0 Å². The topological polar surface area (TPSA) is 0 Å². The van der Waals surface area contributed by atoms with Gasteiger partial charge in [-0.1, -0.05) is 119 Å². The quantitative estimate of drug-likeness (QED) is 0.497. The molecule has 0 aromatic heterocycles. The Labute approximate surface area is 152 Å². The van der Waals surface area contributed by atoms with Crippen LogP contribution in [0, 0.1) is 5.92 Å². The summed E-state index contributed by atoms with van der Waals surface area (Å²) in [6, 6.07) is 32.5. The summed E-state index contributed by atoms with van der Waals surface area (Å²) in [5, 5.41) is 0. The molecule has 0 nitrogen and oxygen atoms in total. The third kappa shape index (κ3) is 3.39. The van der Waals surface area contributed by atoms with E-state index in [0.717, 1.165) is 0 Å². The zero-order valence-corrected chi connectivity index (χ0v) is 15.7. The summed E-state index contributed by atoms with van der Waals surface area (Å²) in [6.45, 7) is 9.37. The van der Waals surface area contributed by atoms with Crippen LogP contribution < -0.4 is 0 Å². The van der Waals surface area contributed by atoms with E-state index in [-0.39, 0.29) is 10.8 Å². The van der Waals surface area contributed by atoms with Crippen LogP contribution >= 0.6 is 0 Å². The Morgan fingerprint density at radius 2 is 0.800 bits per heavy atom. The van der Waals surface area contributed by atoms with Crippen molar-refractivity contribution < 1.29 is 0 Å². The van der Waals surface area contributed by atoms with Crippen molar-refractivity contribution in [2.45, 2.75) is 38.5 Å². The van der Waals surface area contributed by atoms with Crippen molar-refractivity contribution in [1.82, 2.24) is 0 Å². The van der Waals surface area contributed by atoms with Gasteiger partial charge in [0.15, 0.2) is 0 Å². The molecule has 0 bridgehead atoms. The molecule has 127 valence electrons. The number of rotatable bonds is 5. The van der Waals surface area contributed by atoms with Crippen LogP contribution in [-0.4, -0.2) is 0 Å². The SMILES string of the molecule is CC(C)([C](c1ccccc1)C(C)(C)c1ccccc1)c1ccccc1. The van der Waals surface area contributed by atoms with Crippen molar-refractivity contribution in [2.75, 3.05) is 0 Å². The largest absolute Gasteiger partial charge is 0.0622 e. The number of hydrogen-bond donors (Lipinski definition) is 0. The summed E-state index contributed by atoms with van der Waals surface area (Å²) >= 11 is 0. The molecule has 0 amide bonds. The van der Waals surface area contributed by atoms with Gasteiger partial charge in [-0.05, 0) is 16.7 Å². The Hall–Kier alpha value is -2.34. The smallest absolute Gasteiger partial charge is 0.0249 e. The van der Waals surface area contributed by atoms with Crippen molar-refractivity contribution in [1.29, 1.82) is 0 Å². The molecule has 3 rings (SSSR count). The average Bonchev–Trinajstić information content (AvgIpc) is 2.64. The average molecular weight is 327 g/mol. The lowest BCUT2D eigenvalue weighted by atomic mass is 9.57.